The minimum Gasteiger partial charge on any atom is -0.335 e. The highest BCUT2D eigenvalue weighted by atomic mass is 16.2. The quantitative estimate of drug-likeness (QED) is 0.744. The van der Waals surface area contributed by atoms with E-state index in [2.05, 4.69) is 21.5 Å². The number of aromatic nitrogens is 4. The number of pyridine rings is 1. The third kappa shape index (κ3) is 2.58. The maximum Gasteiger partial charge on any atom is 0.274 e. The number of hydrogen-bond acceptors (Lipinski definition) is 3. The van der Waals surface area contributed by atoms with E-state index < -0.39 is 0 Å². The molecule has 1 saturated heterocycles. The second-order valence-corrected chi connectivity index (χ2v) is 6.24. The van der Waals surface area contributed by atoms with Gasteiger partial charge in [0.2, 0.25) is 0 Å². The van der Waals surface area contributed by atoms with Crippen LogP contribution in [0.4, 0.5) is 0 Å². The largest absolute Gasteiger partial charge is 0.335 e. The lowest BCUT2D eigenvalue weighted by Crippen LogP contribution is -2.41. The molecule has 0 saturated carbocycles. The van der Waals surface area contributed by atoms with E-state index in [0.717, 1.165) is 43.8 Å². The Morgan fingerprint density at radius 2 is 2.25 bits per heavy atom. The number of rotatable bonds is 3. The normalized spacial score (nSPS) is 18.2. The molecule has 24 heavy (non-hydrogen) atoms. The lowest BCUT2D eigenvalue weighted by atomic mass is 10.0. The highest BCUT2D eigenvalue weighted by Gasteiger charge is 2.27. The molecular weight excluding hydrogens is 302 g/mol. The molecule has 1 aliphatic heterocycles. The van der Waals surface area contributed by atoms with E-state index in [1.807, 2.05) is 52.3 Å². The standard InChI is InChI=1S/C18H21N5O/c1-2-16-19-8-11-23(16)14-6-5-10-22(12-14)18(24)15-13-21-9-4-3-7-17(21)20-15/h3-4,7-9,11,13-14H,2,5-6,10,12H2,1H3/t14-/m1/s1. The summed E-state index contributed by atoms with van der Waals surface area (Å²) in [4.78, 5) is 23.7. The number of aryl methyl sites for hydroxylation is 1. The maximum absolute atomic E-state index is 12.9. The molecule has 0 radical (unpaired) electrons. The number of fused-ring (bicyclic) bond motifs is 1. The van der Waals surface area contributed by atoms with Crippen LogP contribution in [0.2, 0.25) is 0 Å². The number of piperidine rings is 1. The number of carbonyl (C=O) groups is 1. The fraction of sp³-hybridized carbons (Fsp3) is 0.389. The smallest absolute Gasteiger partial charge is 0.274 e. The van der Waals surface area contributed by atoms with Crippen molar-refractivity contribution < 1.29 is 4.79 Å². The van der Waals surface area contributed by atoms with Crippen molar-refractivity contribution in [3.8, 4) is 0 Å². The molecule has 0 spiro atoms. The average molecular weight is 323 g/mol. The molecule has 4 heterocycles. The lowest BCUT2D eigenvalue weighted by molar-refractivity contribution is 0.0672. The van der Waals surface area contributed by atoms with Crippen LogP contribution in [0.3, 0.4) is 0 Å². The summed E-state index contributed by atoms with van der Waals surface area (Å²) in [5.74, 6) is 1.10. The first-order chi connectivity index (χ1) is 11.8. The van der Waals surface area contributed by atoms with Crippen molar-refractivity contribution in [1.29, 1.82) is 0 Å². The van der Waals surface area contributed by atoms with Crippen LogP contribution >= 0.6 is 0 Å². The van der Waals surface area contributed by atoms with E-state index in [1.54, 1.807) is 0 Å². The van der Waals surface area contributed by atoms with Crippen LogP contribution in [0, 0.1) is 0 Å². The Labute approximate surface area is 140 Å². The van der Waals surface area contributed by atoms with Gasteiger partial charge in [0.05, 0.1) is 6.04 Å². The zero-order chi connectivity index (χ0) is 16.5. The number of carbonyl (C=O) groups excluding carboxylic acids is 1. The van der Waals surface area contributed by atoms with Crippen LogP contribution in [0.25, 0.3) is 5.65 Å². The summed E-state index contributed by atoms with van der Waals surface area (Å²) in [5, 5.41) is 0. The first kappa shape index (κ1) is 14.9. The van der Waals surface area contributed by atoms with Gasteiger partial charge in [-0.3, -0.25) is 4.79 Å². The third-order valence-electron chi connectivity index (χ3n) is 4.73. The van der Waals surface area contributed by atoms with Crippen LogP contribution in [0.15, 0.2) is 43.0 Å². The number of likely N-dealkylation sites (tertiary alicyclic amines) is 1. The molecule has 0 aromatic carbocycles. The fourth-order valence-corrected chi connectivity index (χ4v) is 3.52. The molecule has 1 atom stereocenters. The van der Waals surface area contributed by atoms with Crippen LogP contribution in [-0.4, -0.2) is 42.8 Å². The topological polar surface area (TPSA) is 55.4 Å². The van der Waals surface area contributed by atoms with Crippen LogP contribution < -0.4 is 0 Å². The summed E-state index contributed by atoms with van der Waals surface area (Å²) < 4.78 is 4.11. The number of nitrogens with zero attached hydrogens (tertiary/aromatic N) is 5. The van der Waals surface area contributed by atoms with Crippen LogP contribution in [0.5, 0.6) is 0 Å². The molecule has 1 amide bonds. The van der Waals surface area contributed by atoms with Gasteiger partial charge in [-0.1, -0.05) is 13.0 Å². The lowest BCUT2D eigenvalue weighted by Gasteiger charge is -2.33. The van der Waals surface area contributed by atoms with Gasteiger partial charge in [-0.2, -0.15) is 0 Å². The maximum atomic E-state index is 12.9. The minimum absolute atomic E-state index is 0.0153. The molecular formula is C18H21N5O. The monoisotopic (exact) mass is 323 g/mol. The number of hydrogen-bond donors (Lipinski definition) is 0. The fourth-order valence-electron chi connectivity index (χ4n) is 3.52. The van der Waals surface area contributed by atoms with Crippen molar-refractivity contribution in [2.75, 3.05) is 13.1 Å². The SMILES string of the molecule is CCc1nccn1[C@@H]1CCCN(C(=O)c2cn3ccccc3n2)C1. The zero-order valence-electron chi connectivity index (χ0n) is 13.8. The average Bonchev–Trinajstić information content (AvgIpc) is 3.27. The Morgan fingerprint density at radius 1 is 1.33 bits per heavy atom. The molecule has 6 nitrogen and oxygen atoms in total. The molecule has 6 heteroatoms. The minimum atomic E-state index is 0.0153. The summed E-state index contributed by atoms with van der Waals surface area (Å²) in [7, 11) is 0. The third-order valence-corrected chi connectivity index (χ3v) is 4.73. The van der Waals surface area contributed by atoms with E-state index in [-0.39, 0.29) is 5.91 Å². The van der Waals surface area contributed by atoms with Crippen molar-refractivity contribution in [3.63, 3.8) is 0 Å². The van der Waals surface area contributed by atoms with Gasteiger partial charge in [0.1, 0.15) is 17.2 Å². The Bertz CT molecular complexity index is 832. The molecule has 0 N–H and O–H groups in total. The van der Waals surface area contributed by atoms with Gasteiger partial charge in [-0.15, -0.1) is 0 Å². The van der Waals surface area contributed by atoms with Crippen molar-refractivity contribution in [1.82, 2.24) is 23.8 Å². The van der Waals surface area contributed by atoms with Gasteiger partial charge in [0.25, 0.3) is 5.91 Å². The van der Waals surface area contributed by atoms with E-state index in [1.165, 1.54) is 0 Å². The molecule has 0 unspecified atom stereocenters. The Balaban J connectivity index is 1.56. The summed E-state index contributed by atoms with van der Waals surface area (Å²) in [6.45, 7) is 3.62. The Kier molecular flexibility index (Phi) is 3.80. The van der Waals surface area contributed by atoms with Gasteiger partial charge < -0.3 is 13.9 Å². The van der Waals surface area contributed by atoms with E-state index in [0.29, 0.717) is 11.7 Å². The second-order valence-electron chi connectivity index (χ2n) is 6.24. The molecule has 1 fully saturated rings. The van der Waals surface area contributed by atoms with E-state index in [4.69, 9.17) is 0 Å². The molecule has 3 aromatic rings. The number of amides is 1. The van der Waals surface area contributed by atoms with Crippen LogP contribution in [0.1, 0.15) is 42.1 Å². The van der Waals surface area contributed by atoms with Gasteiger partial charge >= 0.3 is 0 Å². The predicted octanol–water partition coefficient (Wildman–Crippen LogP) is 2.57. The van der Waals surface area contributed by atoms with E-state index >= 15 is 0 Å². The molecule has 4 rings (SSSR count). The first-order valence-electron chi connectivity index (χ1n) is 8.51. The summed E-state index contributed by atoms with van der Waals surface area (Å²) in [5.41, 5.74) is 1.32. The van der Waals surface area contributed by atoms with E-state index in [9.17, 15) is 4.79 Å². The summed E-state index contributed by atoms with van der Waals surface area (Å²) >= 11 is 0. The highest BCUT2D eigenvalue weighted by Crippen LogP contribution is 2.24. The Morgan fingerprint density at radius 3 is 3.08 bits per heavy atom. The second kappa shape index (κ2) is 6.11. The molecule has 124 valence electrons. The van der Waals surface area contributed by atoms with Crippen molar-refractivity contribution in [2.45, 2.75) is 32.2 Å². The molecule has 0 bridgehead atoms. The number of imidazole rings is 2. The van der Waals surface area contributed by atoms with Crippen LogP contribution in [-0.2, 0) is 6.42 Å². The summed E-state index contributed by atoms with van der Waals surface area (Å²) in [6, 6.07) is 6.08. The van der Waals surface area contributed by atoms with Gasteiger partial charge in [-0.25, -0.2) is 9.97 Å². The highest BCUT2D eigenvalue weighted by molar-refractivity contribution is 5.93. The van der Waals surface area contributed by atoms with Crippen molar-refractivity contribution in [3.05, 3.63) is 54.5 Å². The first-order valence-corrected chi connectivity index (χ1v) is 8.51. The molecule has 3 aromatic heterocycles. The predicted molar refractivity (Wildman–Crippen MR) is 91.0 cm³/mol. The van der Waals surface area contributed by atoms with Gasteiger partial charge in [0, 0.05) is 44.3 Å². The van der Waals surface area contributed by atoms with Crippen molar-refractivity contribution >= 4 is 11.6 Å². The van der Waals surface area contributed by atoms with Crippen molar-refractivity contribution in [2.24, 2.45) is 0 Å². The Hall–Kier alpha value is -2.63. The van der Waals surface area contributed by atoms with Gasteiger partial charge in [-0.05, 0) is 25.0 Å². The van der Waals surface area contributed by atoms with Gasteiger partial charge in [0.15, 0.2) is 0 Å². The molecule has 0 aliphatic carbocycles. The summed E-state index contributed by atoms with van der Waals surface area (Å²) in [6.07, 6.45) is 10.6. The zero-order valence-corrected chi connectivity index (χ0v) is 13.8. The molecule has 1 aliphatic rings.